The zero-order valence-corrected chi connectivity index (χ0v) is 12.7. The van der Waals surface area contributed by atoms with Crippen LogP contribution in [0.4, 0.5) is 0 Å². The highest BCUT2D eigenvalue weighted by atomic mass is 32.2. The first-order valence-corrected chi connectivity index (χ1v) is 9.01. The molecule has 0 fully saturated rings. The number of furan rings is 1. The monoisotopic (exact) mass is 287 g/mol. The van der Waals surface area contributed by atoms with Crippen molar-refractivity contribution in [2.45, 2.75) is 45.1 Å². The van der Waals surface area contributed by atoms with Gasteiger partial charge >= 0.3 is 0 Å². The lowest BCUT2D eigenvalue weighted by Gasteiger charge is -2.17. The minimum absolute atomic E-state index is 0.276. The Hall–Kier alpha value is -0.810. The van der Waals surface area contributed by atoms with Gasteiger partial charge in [0, 0.05) is 24.5 Å². The second kappa shape index (κ2) is 8.38. The summed E-state index contributed by atoms with van der Waals surface area (Å²) in [7, 11) is -2.84. The topological polar surface area (TPSA) is 59.3 Å². The average molecular weight is 287 g/mol. The molecule has 0 saturated heterocycles. The highest BCUT2D eigenvalue weighted by molar-refractivity contribution is 7.90. The second-order valence-electron chi connectivity index (χ2n) is 5.04. The van der Waals surface area contributed by atoms with Crippen LogP contribution in [0.5, 0.6) is 0 Å². The Labute approximate surface area is 116 Å². The number of nitrogens with one attached hydrogen (secondary N) is 1. The summed E-state index contributed by atoms with van der Waals surface area (Å²) in [6.07, 6.45) is 7.57. The predicted molar refractivity (Wildman–Crippen MR) is 78.1 cm³/mol. The number of hydrogen-bond acceptors (Lipinski definition) is 4. The first-order chi connectivity index (χ1) is 9.01. The lowest BCUT2D eigenvalue weighted by atomic mass is 10.1. The predicted octanol–water partition coefficient (Wildman–Crippen LogP) is 2.41. The first-order valence-electron chi connectivity index (χ1n) is 6.94. The Kier molecular flexibility index (Phi) is 7.16. The molecule has 1 N–H and O–H groups in total. The average Bonchev–Trinajstić information content (AvgIpc) is 2.83. The number of aryl methyl sites for hydroxylation is 1. The Morgan fingerprint density at radius 1 is 1.37 bits per heavy atom. The summed E-state index contributed by atoms with van der Waals surface area (Å²) in [6, 6.07) is 4.24. The molecule has 1 atom stereocenters. The summed E-state index contributed by atoms with van der Waals surface area (Å²) in [6.45, 7) is 3.11. The molecule has 1 rings (SSSR count). The molecule has 5 heteroatoms. The van der Waals surface area contributed by atoms with Crippen molar-refractivity contribution in [3.63, 3.8) is 0 Å². The lowest BCUT2D eigenvalue weighted by Crippen LogP contribution is -2.30. The molecule has 1 heterocycles. The van der Waals surface area contributed by atoms with E-state index in [2.05, 4.69) is 12.2 Å². The molecule has 19 heavy (non-hydrogen) atoms. The highest BCUT2D eigenvalue weighted by Crippen LogP contribution is 2.10. The van der Waals surface area contributed by atoms with Gasteiger partial charge in [0.15, 0.2) is 0 Å². The summed E-state index contributed by atoms with van der Waals surface area (Å²) in [4.78, 5) is 0. The zero-order valence-electron chi connectivity index (χ0n) is 11.9. The molecule has 0 spiro atoms. The van der Waals surface area contributed by atoms with Gasteiger partial charge in [-0.1, -0.05) is 6.92 Å². The highest BCUT2D eigenvalue weighted by Gasteiger charge is 2.11. The van der Waals surface area contributed by atoms with Gasteiger partial charge in [0.2, 0.25) is 0 Å². The molecule has 0 amide bonds. The first kappa shape index (κ1) is 16.2. The molecule has 0 saturated carbocycles. The van der Waals surface area contributed by atoms with Crippen LogP contribution in [-0.4, -0.2) is 33.0 Å². The van der Waals surface area contributed by atoms with E-state index in [-0.39, 0.29) is 5.75 Å². The van der Waals surface area contributed by atoms with Gasteiger partial charge in [-0.25, -0.2) is 8.42 Å². The Bertz CT molecular complexity index is 426. The lowest BCUT2D eigenvalue weighted by molar-refractivity contribution is 0.423. The van der Waals surface area contributed by atoms with Crippen molar-refractivity contribution in [1.82, 2.24) is 5.32 Å². The van der Waals surface area contributed by atoms with Crippen LogP contribution >= 0.6 is 0 Å². The van der Waals surface area contributed by atoms with Crippen LogP contribution in [0.2, 0.25) is 0 Å². The Morgan fingerprint density at radius 3 is 2.74 bits per heavy atom. The molecule has 0 aliphatic carbocycles. The van der Waals surface area contributed by atoms with Gasteiger partial charge in [-0.3, -0.25) is 0 Å². The fourth-order valence-corrected chi connectivity index (χ4v) is 2.75. The van der Waals surface area contributed by atoms with Crippen molar-refractivity contribution >= 4 is 9.84 Å². The molecular formula is C14H25NO3S. The van der Waals surface area contributed by atoms with E-state index in [1.165, 1.54) is 6.26 Å². The van der Waals surface area contributed by atoms with Crippen molar-refractivity contribution in [1.29, 1.82) is 0 Å². The van der Waals surface area contributed by atoms with Crippen molar-refractivity contribution in [3.05, 3.63) is 24.2 Å². The van der Waals surface area contributed by atoms with Crippen molar-refractivity contribution in [2.75, 3.05) is 18.6 Å². The number of hydrogen-bond donors (Lipinski definition) is 1. The van der Waals surface area contributed by atoms with Gasteiger partial charge in [0.1, 0.15) is 15.6 Å². The summed E-state index contributed by atoms with van der Waals surface area (Å²) < 4.78 is 27.6. The van der Waals surface area contributed by atoms with Crippen molar-refractivity contribution in [3.8, 4) is 0 Å². The summed E-state index contributed by atoms with van der Waals surface area (Å²) >= 11 is 0. The molecule has 4 nitrogen and oxygen atoms in total. The molecule has 0 aromatic carbocycles. The Morgan fingerprint density at radius 2 is 2.16 bits per heavy atom. The molecule has 0 aliphatic rings. The van der Waals surface area contributed by atoms with E-state index in [1.807, 2.05) is 12.1 Å². The van der Waals surface area contributed by atoms with E-state index < -0.39 is 9.84 Å². The van der Waals surface area contributed by atoms with Crippen LogP contribution in [0.3, 0.4) is 0 Å². The fraction of sp³-hybridized carbons (Fsp3) is 0.714. The van der Waals surface area contributed by atoms with E-state index >= 15 is 0 Å². The molecule has 1 aromatic heterocycles. The van der Waals surface area contributed by atoms with E-state index in [9.17, 15) is 8.42 Å². The maximum atomic E-state index is 11.1. The normalized spacial score (nSPS) is 13.6. The maximum absolute atomic E-state index is 11.1. The summed E-state index contributed by atoms with van der Waals surface area (Å²) in [5.41, 5.74) is 0. The Balaban J connectivity index is 2.33. The van der Waals surface area contributed by atoms with Crippen molar-refractivity contribution < 1.29 is 12.8 Å². The van der Waals surface area contributed by atoms with Gasteiger partial charge in [-0.2, -0.15) is 0 Å². The van der Waals surface area contributed by atoms with Crippen LogP contribution in [0.25, 0.3) is 0 Å². The molecular weight excluding hydrogens is 262 g/mol. The van der Waals surface area contributed by atoms with E-state index in [1.54, 1.807) is 6.26 Å². The van der Waals surface area contributed by atoms with Gasteiger partial charge in [-0.05, 0) is 44.4 Å². The number of rotatable bonds is 10. The third-order valence-electron chi connectivity index (χ3n) is 3.07. The summed E-state index contributed by atoms with van der Waals surface area (Å²) in [5, 5.41) is 3.48. The quantitative estimate of drug-likeness (QED) is 0.718. The van der Waals surface area contributed by atoms with Crippen LogP contribution < -0.4 is 5.32 Å². The number of sulfone groups is 1. The smallest absolute Gasteiger partial charge is 0.147 e. The molecule has 0 aliphatic heterocycles. The second-order valence-corrected chi connectivity index (χ2v) is 7.30. The third kappa shape index (κ3) is 8.06. The zero-order chi connectivity index (χ0) is 14.1. The molecule has 0 radical (unpaired) electrons. The van der Waals surface area contributed by atoms with Gasteiger partial charge in [0.25, 0.3) is 0 Å². The van der Waals surface area contributed by atoms with Crippen LogP contribution in [0.1, 0.15) is 38.4 Å². The minimum atomic E-state index is -2.84. The fourth-order valence-electron chi connectivity index (χ4n) is 2.06. The SMILES string of the molecule is CCCNC(CCCS(C)(=O)=O)CCc1ccco1. The molecule has 1 unspecified atom stereocenters. The van der Waals surface area contributed by atoms with Crippen LogP contribution in [-0.2, 0) is 16.3 Å². The van der Waals surface area contributed by atoms with E-state index in [0.717, 1.165) is 44.4 Å². The van der Waals surface area contributed by atoms with Crippen molar-refractivity contribution in [2.24, 2.45) is 0 Å². The molecule has 110 valence electrons. The van der Waals surface area contributed by atoms with E-state index in [0.29, 0.717) is 6.04 Å². The van der Waals surface area contributed by atoms with Gasteiger partial charge in [0.05, 0.1) is 6.26 Å². The van der Waals surface area contributed by atoms with Crippen LogP contribution in [0.15, 0.2) is 22.8 Å². The molecule has 0 bridgehead atoms. The van der Waals surface area contributed by atoms with Crippen LogP contribution in [0, 0.1) is 0 Å². The standard InChI is InChI=1S/C14H25NO3S/c1-3-10-15-13(6-5-12-19(2,16)17)8-9-14-7-4-11-18-14/h4,7,11,13,15H,3,5-6,8-10,12H2,1-2H3. The van der Waals surface area contributed by atoms with Gasteiger partial charge in [-0.15, -0.1) is 0 Å². The third-order valence-corrected chi connectivity index (χ3v) is 4.10. The van der Waals surface area contributed by atoms with Gasteiger partial charge < -0.3 is 9.73 Å². The minimum Gasteiger partial charge on any atom is -0.469 e. The largest absolute Gasteiger partial charge is 0.469 e. The maximum Gasteiger partial charge on any atom is 0.147 e. The molecule has 1 aromatic rings. The van der Waals surface area contributed by atoms with E-state index in [4.69, 9.17) is 4.42 Å². The summed E-state index contributed by atoms with van der Waals surface area (Å²) in [5.74, 6) is 1.27.